The van der Waals surface area contributed by atoms with Gasteiger partial charge in [0.05, 0.1) is 0 Å². The largest absolute Gasteiger partial charge is 0.352 e. The monoisotopic (exact) mass is 274 g/mol. The third-order valence-corrected chi connectivity index (χ3v) is 4.40. The van der Waals surface area contributed by atoms with Crippen molar-refractivity contribution in [2.24, 2.45) is 17.6 Å². The first kappa shape index (κ1) is 15.0. The van der Waals surface area contributed by atoms with Crippen molar-refractivity contribution in [2.75, 3.05) is 6.54 Å². The molecule has 0 heterocycles. The SMILES string of the molecule is CC1CCC(CCNC(=O)c2cccc(CN)c2)CC1. The Morgan fingerprint density at radius 2 is 2.05 bits per heavy atom. The Bertz CT molecular complexity index is 436. The van der Waals surface area contributed by atoms with Gasteiger partial charge in [-0.05, 0) is 36.0 Å². The quantitative estimate of drug-likeness (QED) is 0.867. The van der Waals surface area contributed by atoms with E-state index in [-0.39, 0.29) is 5.91 Å². The van der Waals surface area contributed by atoms with E-state index in [1.165, 1.54) is 25.7 Å². The van der Waals surface area contributed by atoms with Gasteiger partial charge in [-0.15, -0.1) is 0 Å². The molecule has 0 bridgehead atoms. The average Bonchev–Trinajstić information content (AvgIpc) is 2.49. The summed E-state index contributed by atoms with van der Waals surface area (Å²) >= 11 is 0. The number of amides is 1. The summed E-state index contributed by atoms with van der Waals surface area (Å²) in [5, 5.41) is 3.03. The fraction of sp³-hybridized carbons (Fsp3) is 0.588. The van der Waals surface area contributed by atoms with Crippen LogP contribution in [0.5, 0.6) is 0 Å². The topological polar surface area (TPSA) is 55.1 Å². The number of nitrogens with one attached hydrogen (secondary N) is 1. The lowest BCUT2D eigenvalue weighted by Crippen LogP contribution is -2.27. The summed E-state index contributed by atoms with van der Waals surface area (Å²) in [6.45, 7) is 3.59. The molecular weight excluding hydrogens is 248 g/mol. The third-order valence-electron chi connectivity index (χ3n) is 4.40. The summed E-state index contributed by atoms with van der Waals surface area (Å²) in [4.78, 5) is 12.1. The van der Waals surface area contributed by atoms with Gasteiger partial charge in [0.2, 0.25) is 0 Å². The van der Waals surface area contributed by atoms with Crippen molar-refractivity contribution >= 4 is 5.91 Å². The van der Waals surface area contributed by atoms with Crippen molar-refractivity contribution in [2.45, 2.75) is 45.6 Å². The minimum atomic E-state index is 0.0180. The third kappa shape index (κ3) is 4.34. The maximum Gasteiger partial charge on any atom is 0.251 e. The first-order valence-corrected chi connectivity index (χ1v) is 7.76. The molecule has 1 fully saturated rings. The molecule has 0 aliphatic heterocycles. The first-order valence-electron chi connectivity index (χ1n) is 7.76. The van der Waals surface area contributed by atoms with Gasteiger partial charge in [0, 0.05) is 18.7 Å². The van der Waals surface area contributed by atoms with Crippen LogP contribution in [0, 0.1) is 11.8 Å². The molecule has 0 atom stereocenters. The lowest BCUT2D eigenvalue weighted by molar-refractivity contribution is 0.0949. The normalized spacial score (nSPS) is 22.5. The predicted octanol–water partition coefficient (Wildman–Crippen LogP) is 3.09. The maximum atomic E-state index is 12.1. The van der Waals surface area contributed by atoms with E-state index < -0.39 is 0 Å². The predicted molar refractivity (Wildman–Crippen MR) is 82.4 cm³/mol. The van der Waals surface area contributed by atoms with E-state index in [1.54, 1.807) is 0 Å². The second-order valence-corrected chi connectivity index (χ2v) is 6.07. The molecule has 0 saturated heterocycles. The van der Waals surface area contributed by atoms with Crippen LogP contribution in [0.2, 0.25) is 0 Å². The molecule has 3 N–H and O–H groups in total. The molecule has 0 aromatic heterocycles. The van der Waals surface area contributed by atoms with Gasteiger partial charge in [-0.2, -0.15) is 0 Å². The number of carbonyl (C=O) groups excluding carboxylic acids is 1. The van der Waals surface area contributed by atoms with Crippen LogP contribution in [-0.4, -0.2) is 12.5 Å². The maximum absolute atomic E-state index is 12.1. The summed E-state index contributed by atoms with van der Waals surface area (Å²) < 4.78 is 0. The van der Waals surface area contributed by atoms with Gasteiger partial charge in [-0.25, -0.2) is 0 Å². The highest BCUT2D eigenvalue weighted by atomic mass is 16.1. The fourth-order valence-electron chi connectivity index (χ4n) is 2.95. The Morgan fingerprint density at radius 1 is 1.30 bits per heavy atom. The van der Waals surface area contributed by atoms with Crippen LogP contribution in [-0.2, 0) is 6.54 Å². The van der Waals surface area contributed by atoms with Crippen molar-refractivity contribution < 1.29 is 4.79 Å². The molecular formula is C17H26N2O. The fourth-order valence-corrected chi connectivity index (χ4v) is 2.95. The van der Waals surface area contributed by atoms with Crippen molar-refractivity contribution in [3.05, 3.63) is 35.4 Å². The zero-order chi connectivity index (χ0) is 14.4. The highest BCUT2D eigenvalue weighted by Gasteiger charge is 2.18. The van der Waals surface area contributed by atoms with Gasteiger partial charge in [0.1, 0.15) is 0 Å². The van der Waals surface area contributed by atoms with E-state index in [4.69, 9.17) is 5.73 Å². The standard InChI is InChI=1S/C17H26N2O/c1-13-5-7-14(8-6-13)9-10-19-17(20)16-4-2-3-15(11-16)12-18/h2-4,11,13-14H,5-10,12,18H2,1H3,(H,19,20). The summed E-state index contributed by atoms with van der Waals surface area (Å²) in [5.74, 6) is 1.70. The smallest absolute Gasteiger partial charge is 0.251 e. The minimum absolute atomic E-state index is 0.0180. The van der Waals surface area contributed by atoms with Gasteiger partial charge in [-0.1, -0.05) is 44.7 Å². The molecule has 0 radical (unpaired) electrons. The van der Waals surface area contributed by atoms with Crippen LogP contribution in [0.4, 0.5) is 0 Å². The van der Waals surface area contributed by atoms with Crippen molar-refractivity contribution in [3.63, 3.8) is 0 Å². The van der Waals surface area contributed by atoms with Gasteiger partial charge in [0.25, 0.3) is 5.91 Å². The van der Waals surface area contributed by atoms with E-state index >= 15 is 0 Å². The molecule has 1 amide bonds. The minimum Gasteiger partial charge on any atom is -0.352 e. The average molecular weight is 274 g/mol. The van der Waals surface area contributed by atoms with Crippen LogP contribution in [0.15, 0.2) is 24.3 Å². The second-order valence-electron chi connectivity index (χ2n) is 6.07. The van der Waals surface area contributed by atoms with Crippen LogP contribution < -0.4 is 11.1 Å². The van der Waals surface area contributed by atoms with Gasteiger partial charge in [0.15, 0.2) is 0 Å². The Labute approximate surface area is 121 Å². The molecule has 2 rings (SSSR count). The Hall–Kier alpha value is -1.35. The van der Waals surface area contributed by atoms with Crippen LogP contribution in [0.3, 0.4) is 0 Å². The van der Waals surface area contributed by atoms with E-state index in [0.717, 1.165) is 30.4 Å². The number of nitrogens with two attached hydrogens (primary N) is 1. The first-order chi connectivity index (χ1) is 9.69. The highest BCUT2D eigenvalue weighted by molar-refractivity contribution is 5.94. The zero-order valence-corrected chi connectivity index (χ0v) is 12.4. The molecule has 0 spiro atoms. The summed E-state index contributed by atoms with van der Waals surface area (Å²) in [6.07, 6.45) is 6.43. The second kappa shape index (κ2) is 7.44. The summed E-state index contributed by atoms with van der Waals surface area (Å²) in [7, 11) is 0. The summed E-state index contributed by atoms with van der Waals surface area (Å²) in [5.41, 5.74) is 7.31. The molecule has 1 aromatic rings. The van der Waals surface area contributed by atoms with Gasteiger partial charge < -0.3 is 11.1 Å². The number of hydrogen-bond acceptors (Lipinski definition) is 2. The number of benzene rings is 1. The molecule has 20 heavy (non-hydrogen) atoms. The summed E-state index contributed by atoms with van der Waals surface area (Å²) in [6, 6.07) is 7.55. The highest BCUT2D eigenvalue weighted by Crippen LogP contribution is 2.29. The molecule has 110 valence electrons. The van der Waals surface area contributed by atoms with Crippen molar-refractivity contribution in [1.29, 1.82) is 0 Å². The Balaban J connectivity index is 1.74. The molecule has 1 saturated carbocycles. The Kier molecular flexibility index (Phi) is 5.60. The van der Waals surface area contributed by atoms with Crippen molar-refractivity contribution in [3.8, 4) is 0 Å². The molecule has 1 aliphatic carbocycles. The van der Waals surface area contributed by atoms with E-state index in [0.29, 0.717) is 12.1 Å². The number of rotatable bonds is 5. The molecule has 1 aliphatic rings. The van der Waals surface area contributed by atoms with Crippen molar-refractivity contribution in [1.82, 2.24) is 5.32 Å². The van der Waals surface area contributed by atoms with E-state index in [9.17, 15) is 4.79 Å². The lowest BCUT2D eigenvalue weighted by Gasteiger charge is -2.26. The van der Waals surface area contributed by atoms with Gasteiger partial charge >= 0.3 is 0 Å². The molecule has 0 unspecified atom stereocenters. The van der Waals surface area contributed by atoms with Crippen LogP contribution in [0.25, 0.3) is 0 Å². The van der Waals surface area contributed by atoms with E-state index in [1.807, 2.05) is 24.3 Å². The van der Waals surface area contributed by atoms with E-state index in [2.05, 4.69) is 12.2 Å². The van der Waals surface area contributed by atoms with Crippen LogP contribution >= 0.6 is 0 Å². The van der Waals surface area contributed by atoms with Crippen LogP contribution in [0.1, 0.15) is 54.9 Å². The zero-order valence-electron chi connectivity index (χ0n) is 12.4. The lowest BCUT2D eigenvalue weighted by atomic mass is 9.81. The number of hydrogen-bond donors (Lipinski definition) is 2. The molecule has 1 aromatic carbocycles. The molecule has 3 nitrogen and oxygen atoms in total. The Morgan fingerprint density at radius 3 is 2.75 bits per heavy atom. The number of carbonyl (C=O) groups is 1. The van der Waals surface area contributed by atoms with Gasteiger partial charge in [-0.3, -0.25) is 4.79 Å². The molecule has 3 heteroatoms.